The fourth-order valence-corrected chi connectivity index (χ4v) is 1.52. The lowest BCUT2D eigenvalue weighted by Crippen LogP contribution is -2.37. The van der Waals surface area contributed by atoms with Crippen molar-refractivity contribution >= 4 is 0 Å². The van der Waals surface area contributed by atoms with Crippen LogP contribution < -0.4 is 5.32 Å². The summed E-state index contributed by atoms with van der Waals surface area (Å²) in [6.45, 7) is -0.235. The van der Waals surface area contributed by atoms with Crippen LogP contribution in [0.5, 0.6) is 0 Å². The SMILES string of the molecule is Fc1cccc2c1CNCC2(F)F. The number of hydrogen-bond acceptors (Lipinski definition) is 1. The highest BCUT2D eigenvalue weighted by Gasteiger charge is 2.37. The Labute approximate surface area is 73.6 Å². The standard InChI is InChI=1S/C9H8F3N/c10-8-3-1-2-7-6(8)4-13-5-9(7,11)12/h1-3,13H,4-5H2. The monoisotopic (exact) mass is 187 g/mol. The number of halogens is 3. The van der Waals surface area contributed by atoms with Crippen molar-refractivity contribution in [3.8, 4) is 0 Å². The molecule has 13 heavy (non-hydrogen) atoms. The van der Waals surface area contributed by atoms with Crippen molar-refractivity contribution in [2.24, 2.45) is 0 Å². The van der Waals surface area contributed by atoms with Gasteiger partial charge < -0.3 is 5.32 Å². The van der Waals surface area contributed by atoms with Gasteiger partial charge in [-0.05, 0) is 6.07 Å². The van der Waals surface area contributed by atoms with Crippen molar-refractivity contribution in [2.75, 3.05) is 6.54 Å². The molecule has 2 rings (SSSR count). The molecule has 0 aromatic heterocycles. The van der Waals surface area contributed by atoms with Crippen LogP contribution in [0.1, 0.15) is 11.1 Å². The minimum absolute atomic E-state index is 0.0822. The van der Waals surface area contributed by atoms with Crippen LogP contribution in [0.2, 0.25) is 0 Å². The van der Waals surface area contributed by atoms with Crippen LogP contribution in [0.3, 0.4) is 0 Å². The first-order valence-electron chi connectivity index (χ1n) is 3.98. The molecule has 0 spiro atoms. The summed E-state index contributed by atoms with van der Waals surface area (Å²) >= 11 is 0. The van der Waals surface area contributed by atoms with Gasteiger partial charge >= 0.3 is 0 Å². The molecule has 1 N–H and O–H groups in total. The van der Waals surface area contributed by atoms with Crippen LogP contribution in [0, 0.1) is 5.82 Å². The van der Waals surface area contributed by atoms with E-state index >= 15 is 0 Å². The lowest BCUT2D eigenvalue weighted by atomic mass is 9.97. The normalized spacial score (nSPS) is 19.6. The van der Waals surface area contributed by atoms with E-state index in [2.05, 4.69) is 5.32 Å². The molecule has 0 aliphatic carbocycles. The molecule has 0 radical (unpaired) electrons. The molecule has 0 bridgehead atoms. The Balaban J connectivity index is 2.58. The zero-order chi connectivity index (χ0) is 9.47. The first-order valence-corrected chi connectivity index (χ1v) is 3.98. The van der Waals surface area contributed by atoms with Gasteiger partial charge in [-0.3, -0.25) is 0 Å². The predicted octanol–water partition coefficient (Wildman–Crippen LogP) is 2.02. The summed E-state index contributed by atoms with van der Waals surface area (Å²) in [4.78, 5) is 0. The lowest BCUT2D eigenvalue weighted by Gasteiger charge is -2.25. The topological polar surface area (TPSA) is 12.0 Å². The average Bonchev–Trinajstić information content (AvgIpc) is 2.06. The third-order valence-electron chi connectivity index (χ3n) is 2.16. The smallest absolute Gasteiger partial charge is 0.285 e. The van der Waals surface area contributed by atoms with Crippen molar-refractivity contribution in [2.45, 2.75) is 12.5 Å². The molecule has 4 heteroatoms. The average molecular weight is 187 g/mol. The maximum absolute atomic E-state index is 13.1. The van der Waals surface area contributed by atoms with Crippen molar-refractivity contribution in [1.29, 1.82) is 0 Å². The Morgan fingerprint density at radius 2 is 2.08 bits per heavy atom. The number of fused-ring (bicyclic) bond motifs is 1. The first kappa shape index (κ1) is 8.56. The van der Waals surface area contributed by atoms with E-state index in [1.807, 2.05) is 0 Å². The van der Waals surface area contributed by atoms with Crippen LogP contribution in [0.4, 0.5) is 13.2 Å². The Bertz CT molecular complexity index is 336. The van der Waals surface area contributed by atoms with Crippen LogP contribution >= 0.6 is 0 Å². The molecule has 0 amide bonds. The molecule has 0 saturated carbocycles. The largest absolute Gasteiger partial charge is 0.307 e. The third-order valence-corrected chi connectivity index (χ3v) is 2.16. The summed E-state index contributed by atoms with van der Waals surface area (Å²) in [5.74, 6) is -3.51. The molecule has 0 unspecified atom stereocenters. The number of benzene rings is 1. The molecule has 1 nitrogen and oxygen atoms in total. The molecule has 1 aliphatic rings. The molecule has 1 aromatic carbocycles. The Kier molecular flexibility index (Phi) is 1.80. The van der Waals surface area contributed by atoms with Crippen LogP contribution in [0.25, 0.3) is 0 Å². The van der Waals surface area contributed by atoms with Gasteiger partial charge in [0.2, 0.25) is 0 Å². The summed E-state index contributed by atoms with van der Waals surface area (Å²) < 4.78 is 39.3. The number of alkyl halides is 2. The van der Waals surface area contributed by atoms with Gasteiger partial charge in [-0.1, -0.05) is 12.1 Å². The fourth-order valence-electron chi connectivity index (χ4n) is 1.52. The van der Waals surface area contributed by atoms with Crippen LogP contribution in [-0.2, 0) is 12.5 Å². The molecular formula is C9H8F3N. The molecule has 0 saturated heterocycles. The fraction of sp³-hybridized carbons (Fsp3) is 0.333. The number of nitrogens with one attached hydrogen (secondary N) is 1. The van der Waals surface area contributed by atoms with E-state index in [1.165, 1.54) is 18.2 Å². The summed E-state index contributed by atoms with van der Waals surface area (Å²) in [6, 6.07) is 3.79. The van der Waals surface area contributed by atoms with Gasteiger partial charge in [0, 0.05) is 17.7 Å². The Morgan fingerprint density at radius 3 is 2.77 bits per heavy atom. The summed E-state index contributed by atoms with van der Waals surface area (Å²) in [5.41, 5.74) is -0.106. The quantitative estimate of drug-likeness (QED) is 0.655. The van der Waals surface area contributed by atoms with Crippen molar-refractivity contribution in [3.63, 3.8) is 0 Å². The zero-order valence-electron chi connectivity index (χ0n) is 6.78. The highest BCUT2D eigenvalue weighted by Crippen LogP contribution is 2.33. The van der Waals surface area contributed by atoms with E-state index in [-0.39, 0.29) is 17.7 Å². The van der Waals surface area contributed by atoms with Gasteiger partial charge in [0.25, 0.3) is 5.92 Å². The van der Waals surface area contributed by atoms with E-state index in [0.717, 1.165) is 0 Å². The maximum Gasteiger partial charge on any atom is 0.285 e. The van der Waals surface area contributed by atoms with Gasteiger partial charge in [0.15, 0.2) is 0 Å². The predicted molar refractivity (Wildman–Crippen MR) is 42.0 cm³/mol. The minimum Gasteiger partial charge on any atom is -0.307 e. The second-order valence-corrected chi connectivity index (χ2v) is 3.07. The molecule has 1 heterocycles. The minimum atomic E-state index is -2.95. The van der Waals surface area contributed by atoms with Gasteiger partial charge in [-0.25, -0.2) is 4.39 Å². The molecule has 0 atom stereocenters. The second kappa shape index (κ2) is 2.73. The van der Waals surface area contributed by atoms with Gasteiger partial charge in [-0.2, -0.15) is 8.78 Å². The zero-order valence-corrected chi connectivity index (χ0v) is 6.78. The first-order chi connectivity index (χ1) is 6.11. The number of rotatable bonds is 0. The summed E-state index contributed by atoms with van der Waals surface area (Å²) in [6.07, 6.45) is 0. The van der Waals surface area contributed by atoms with E-state index < -0.39 is 18.3 Å². The summed E-state index contributed by atoms with van der Waals surface area (Å²) in [5, 5.41) is 2.48. The van der Waals surface area contributed by atoms with Crippen LogP contribution in [-0.4, -0.2) is 6.54 Å². The number of hydrogen-bond donors (Lipinski definition) is 1. The highest BCUT2D eigenvalue weighted by atomic mass is 19.3. The van der Waals surface area contributed by atoms with Crippen molar-refractivity contribution < 1.29 is 13.2 Å². The van der Waals surface area contributed by atoms with E-state index in [4.69, 9.17) is 0 Å². The second-order valence-electron chi connectivity index (χ2n) is 3.07. The molecule has 70 valence electrons. The summed E-state index contributed by atoms with van der Waals surface area (Å²) in [7, 11) is 0. The van der Waals surface area contributed by atoms with Crippen molar-refractivity contribution in [3.05, 3.63) is 35.1 Å². The van der Waals surface area contributed by atoms with Crippen molar-refractivity contribution in [1.82, 2.24) is 5.32 Å². The van der Waals surface area contributed by atoms with E-state index in [1.54, 1.807) is 0 Å². The molecule has 0 fully saturated rings. The lowest BCUT2D eigenvalue weighted by molar-refractivity contribution is -0.0114. The highest BCUT2D eigenvalue weighted by molar-refractivity contribution is 5.34. The molecular weight excluding hydrogens is 179 g/mol. The van der Waals surface area contributed by atoms with Crippen LogP contribution in [0.15, 0.2) is 18.2 Å². The Hall–Kier alpha value is -1.03. The van der Waals surface area contributed by atoms with E-state index in [0.29, 0.717) is 0 Å². The Morgan fingerprint density at radius 1 is 1.31 bits per heavy atom. The molecule has 1 aliphatic heterocycles. The molecule has 1 aromatic rings. The maximum atomic E-state index is 13.1. The van der Waals surface area contributed by atoms with E-state index in [9.17, 15) is 13.2 Å². The third kappa shape index (κ3) is 1.31. The van der Waals surface area contributed by atoms with Gasteiger partial charge in [-0.15, -0.1) is 0 Å². The van der Waals surface area contributed by atoms with Gasteiger partial charge in [0.05, 0.1) is 6.54 Å². The van der Waals surface area contributed by atoms with Gasteiger partial charge in [0.1, 0.15) is 5.82 Å².